The number of nitrogens with zero attached hydrogens (tertiary/aromatic N) is 1. The van der Waals surface area contributed by atoms with Gasteiger partial charge >= 0.3 is 5.97 Å². The number of carboxylic acids is 1. The predicted octanol–water partition coefficient (Wildman–Crippen LogP) is 2.47. The molecule has 0 aliphatic heterocycles. The van der Waals surface area contributed by atoms with Crippen LogP contribution in [0.3, 0.4) is 0 Å². The molecule has 1 N–H and O–H groups in total. The van der Waals surface area contributed by atoms with Gasteiger partial charge in [-0.3, -0.25) is 9.59 Å². The molecule has 0 unspecified atom stereocenters. The van der Waals surface area contributed by atoms with E-state index in [9.17, 15) is 9.59 Å². The number of aliphatic carboxylic acids is 1. The molecule has 0 atom stereocenters. The molecule has 1 amide bonds. The van der Waals surface area contributed by atoms with Crippen molar-refractivity contribution < 1.29 is 19.4 Å². The minimum Gasteiger partial charge on any atom is -0.495 e. The molecule has 5 heteroatoms. The van der Waals surface area contributed by atoms with E-state index in [1.807, 2.05) is 19.1 Å². The Hall–Kier alpha value is -2.04. The lowest BCUT2D eigenvalue weighted by Crippen LogP contribution is -2.36. The molecule has 0 radical (unpaired) electrons. The second-order valence-corrected chi connectivity index (χ2v) is 4.96. The number of aryl methyl sites for hydroxylation is 1. The van der Waals surface area contributed by atoms with Gasteiger partial charge < -0.3 is 14.7 Å². The summed E-state index contributed by atoms with van der Waals surface area (Å²) in [5.41, 5.74) is 1.60. The third-order valence-corrected chi connectivity index (χ3v) is 2.93. The van der Waals surface area contributed by atoms with E-state index < -0.39 is 5.97 Å². The van der Waals surface area contributed by atoms with E-state index in [1.165, 1.54) is 12.0 Å². The van der Waals surface area contributed by atoms with Gasteiger partial charge in [0.2, 0.25) is 5.91 Å². The number of methoxy groups -OCH3 is 1. The fourth-order valence-corrected chi connectivity index (χ4v) is 1.88. The Morgan fingerprint density at radius 3 is 2.50 bits per heavy atom. The molecule has 0 aliphatic rings. The van der Waals surface area contributed by atoms with Gasteiger partial charge in [-0.15, -0.1) is 0 Å². The van der Waals surface area contributed by atoms with Gasteiger partial charge in [0, 0.05) is 12.5 Å². The SMILES string of the molecule is COc1ccc(C)cc1N(CCC(=O)O)C(=O)C(C)C. The van der Waals surface area contributed by atoms with Gasteiger partial charge in [-0.2, -0.15) is 0 Å². The summed E-state index contributed by atoms with van der Waals surface area (Å²) in [6.07, 6.45) is -0.102. The molecule has 0 spiro atoms. The van der Waals surface area contributed by atoms with E-state index in [0.717, 1.165) is 5.56 Å². The summed E-state index contributed by atoms with van der Waals surface area (Å²) in [7, 11) is 1.53. The van der Waals surface area contributed by atoms with E-state index in [-0.39, 0.29) is 24.8 Å². The number of carbonyl (C=O) groups is 2. The maximum atomic E-state index is 12.3. The zero-order valence-electron chi connectivity index (χ0n) is 12.3. The minimum atomic E-state index is -0.932. The smallest absolute Gasteiger partial charge is 0.305 e. The highest BCUT2D eigenvalue weighted by molar-refractivity contribution is 5.96. The molecule has 0 saturated heterocycles. The second kappa shape index (κ2) is 6.93. The van der Waals surface area contributed by atoms with Crippen LogP contribution in [0.2, 0.25) is 0 Å². The van der Waals surface area contributed by atoms with Crippen LogP contribution in [0.4, 0.5) is 5.69 Å². The Balaban J connectivity index is 3.18. The van der Waals surface area contributed by atoms with Crippen molar-refractivity contribution in [3.63, 3.8) is 0 Å². The van der Waals surface area contributed by atoms with E-state index in [0.29, 0.717) is 11.4 Å². The summed E-state index contributed by atoms with van der Waals surface area (Å²) in [5, 5.41) is 8.84. The molecular weight excluding hydrogens is 258 g/mol. The van der Waals surface area contributed by atoms with Gasteiger partial charge in [0.05, 0.1) is 19.2 Å². The van der Waals surface area contributed by atoms with Gasteiger partial charge in [0.15, 0.2) is 0 Å². The van der Waals surface area contributed by atoms with Crippen molar-refractivity contribution in [2.75, 3.05) is 18.6 Å². The van der Waals surface area contributed by atoms with Gasteiger partial charge in [0.25, 0.3) is 0 Å². The van der Waals surface area contributed by atoms with E-state index >= 15 is 0 Å². The first kappa shape index (κ1) is 16.0. The first-order valence-corrected chi connectivity index (χ1v) is 6.54. The lowest BCUT2D eigenvalue weighted by molar-refractivity contribution is -0.136. The molecule has 20 heavy (non-hydrogen) atoms. The topological polar surface area (TPSA) is 66.8 Å². The maximum Gasteiger partial charge on any atom is 0.305 e. The number of anilines is 1. The third-order valence-electron chi connectivity index (χ3n) is 2.93. The maximum absolute atomic E-state index is 12.3. The number of carbonyl (C=O) groups excluding carboxylic acids is 1. The molecule has 0 aromatic heterocycles. The number of rotatable bonds is 6. The summed E-state index contributed by atoms with van der Waals surface area (Å²) in [6, 6.07) is 5.50. The Morgan fingerprint density at radius 1 is 1.35 bits per heavy atom. The largest absolute Gasteiger partial charge is 0.495 e. The summed E-state index contributed by atoms with van der Waals surface area (Å²) in [6.45, 7) is 5.63. The number of ether oxygens (including phenoxy) is 1. The molecule has 0 bridgehead atoms. The molecule has 110 valence electrons. The van der Waals surface area contributed by atoms with Crippen LogP contribution in [-0.4, -0.2) is 30.6 Å². The normalized spacial score (nSPS) is 10.4. The highest BCUT2D eigenvalue weighted by atomic mass is 16.5. The second-order valence-electron chi connectivity index (χ2n) is 4.96. The first-order chi connectivity index (χ1) is 9.36. The average Bonchev–Trinajstić information content (AvgIpc) is 2.38. The monoisotopic (exact) mass is 279 g/mol. The highest BCUT2D eigenvalue weighted by Gasteiger charge is 2.22. The van der Waals surface area contributed by atoms with Gasteiger partial charge in [-0.05, 0) is 24.6 Å². The average molecular weight is 279 g/mol. The fraction of sp³-hybridized carbons (Fsp3) is 0.467. The Morgan fingerprint density at radius 2 is 2.00 bits per heavy atom. The van der Waals surface area contributed by atoms with Crippen molar-refractivity contribution >= 4 is 17.6 Å². The van der Waals surface area contributed by atoms with Crippen LogP contribution in [0.5, 0.6) is 5.75 Å². The molecule has 1 aromatic rings. The summed E-state index contributed by atoms with van der Waals surface area (Å²) in [5.74, 6) is -0.697. The van der Waals surface area contributed by atoms with Crippen molar-refractivity contribution in [2.24, 2.45) is 5.92 Å². The van der Waals surface area contributed by atoms with Crippen LogP contribution >= 0.6 is 0 Å². The molecular formula is C15H21NO4. The molecule has 1 aromatic carbocycles. The zero-order chi connectivity index (χ0) is 15.3. The Kier molecular flexibility index (Phi) is 5.55. The zero-order valence-corrected chi connectivity index (χ0v) is 12.3. The van der Waals surface area contributed by atoms with Crippen molar-refractivity contribution in [2.45, 2.75) is 27.2 Å². The van der Waals surface area contributed by atoms with Crippen LogP contribution in [0.25, 0.3) is 0 Å². The number of carboxylic acid groups (broad SMARTS) is 1. The Bertz CT molecular complexity index is 497. The summed E-state index contributed by atoms with van der Waals surface area (Å²) < 4.78 is 5.28. The molecule has 0 heterocycles. The molecule has 5 nitrogen and oxygen atoms in total. The van der Waals surface area contributed by atoms with Crippen molar-refractivity contribution in [3.05, 3.63) is 23.8 Å². The van der Waals surface area contributed by atoms with E-state index in [1.54, 1.807) is 19.9 Å². The van der Waals surface area contributed by atoms with Crippen LogP contribution in [0.15, 0.2) is 18.2 Å². The van der Waals surface area contributed by atoms with E-state index in [4.69, 9.17) is 9.84 Å². The number of hydrogen-bond donors (Lipinski definition) is 1. The first-order valence-electron chi connectivity index (χ1n) is 6.54. The lowest BCUT2D eigenvalue weighted by Gasteiger charge is -2.26. The molecule has 1 rings (SSSR count). The van der Waals surface area contributed by atoms with Crippen molar-refractivity contribution in [1.29, 1.82) is 0 Å². The highest BCUT2D eigenvalue weighted by Crippen LogP contribution is 2.30. The third kappa shape index (κ3) is 3.98. The summed E-state index contributed by atoms with van der Waals surface area (Å²) >= 11 is 0. The predicted molar refractivity (Wildman–Crippen MR) is 77.2 cm³/mol. The lowest BCUT2D eigenvalue weighted by atomic mass is 10.1. The van der Waals surface area contributed by atoms with Crippen molar-refractivity contribution in [1.82, 2.24) is 0 Å². The molecule has 0 aliphatic carbocycles. The van der Waals surface area contributed by atoms with Crippen molar-refractivity contribution in [3.8, 4) is 5.75 Å². The quantitative estimate of drug-likeness (QED) is 0.868. The Labute approximate surface area is 119 Å². The van der Waals surface area contributed by atoms with Crippen LogP contribution in [0.1, 0.15) is 25.8 Å². The van der Waals surface area contributed by atoms with Crippen LogP contribution < -0.4 is 9.64 Å². The van der Waals surface area contributed by atoms with Gasteiger partial charge in [-0.25, -0.2) is 0 Å². The van der Waals surface area contributed by atoms with Gasteiger partial charge in [0.1, 0.15) is 5.75 Å². The summed E-state index contributed by atoms with van der Waals surface area (Å²) in [4.78, 5) is 24.6. The molecule has 0 saturated carbocycles. The van der Waals surface area contributed by atoms with Crippen LogP contribution in [0, 0.1) is 12.8 Å². The molecule has 0 fully saturated rings. The number of amides is 1. The van der Waals surface area contributed by atoms with E-state index in [2.05, 4.69) is 0 Å². The fourth-order valence-electron chi connectivity index (χ4n) is 1.88. The standard InChI is InChI=1S/C15H21NO4/c1-10(2)15(19)16(8-7-14(17)18)12-9-11(3)5-6-13(12)20-4/h5-6,9-10H,7-8H2,1-4H3,(H,17,18). The number of hydrogen-bond acceptors (Lipinski definition) is 3. The van der Waals surface area contributed by atoms with Crippen LogP contribution in [-0.2, 0) is 9.59 Å². The minimum absolute atomic E-state index is 0.102. The van der Waals surface area contributed by atoms with Gasteiger partial charge in [-0.1, -0.05) is 19.9 Å². The number of benzene rings is 1.